The van der Waals surface area contributed by atoms with Crippen molar-refractivity contribution in [3.63, 3.8) is 0 Å². The van der Waals surface area contributed by atoms with E-state index in [2.05, 4.69) is 10.3 Å². The second kappa shape index (κ2) is 3.53. The summed E-state index contributed by atoms with van der Waals surface area (Å²) in [6, 6.07) is 0. The number of hydrogen-bond donors (Lipinski definition) is 1. The first-order valence-electron chi connectivity index (χ1n) is 2.98. The lowest BCUT2D eigenvalue weighted by Gasteiger charge is -1.90. The fraction of sp³-hybridized carbons (Fsp3) is 0.500. The zero-order valence-electron chi connectivity index (χ0n) is 6.05. The number of rotatable bonds is 3. The standard InChI is InChI=1S/C6H10N2OS/c1-7-6-8-3-5(10-6)4-9-2/h3H,4H2,1-2H3,(H,7,8). The van der Waals surface area contributed by atoms with Crippen molar-refractivity contribution >= 4 is 16.5 Å². The largest absolute Gasteiger partial charge is 0.379 e. The van der Waals surface area contributed by atoms with Crippen LogP contribution in [0, 0.1) is 0 Å². The Bertz CT molecular complexity index is 199. The van der Waals surface area contributed by atoms with Gasteiger partial charge in [-0.3, -0.25) is 0 Å². The number of hydrogen-bond acceptors (Lipinski definition) is 4. The zero-order valence-corrected chi connectivity index (χ0v) is 6.86. The molecule has 1 heterocycles. The maximum absolute atomic E-state index is 4.93. The molecule has 0 amide bonds. The molecule has 3 nitrogen and oxygen atoms in total. The van der Waals surface area contributed by atoms with Gasteiger partial charge in [0.15, 0.2) is 5.13 Å². The molecule has 56 valence electrons. The Balaban J connectivity index is 2.59. The molecule has 0 saturated carbocycles. The van der Waals surface area contributed by atoms with E-state index < -0.39 is 0 Å². The molecule has 0 aliphatic rings. The predicted molar refractivity (Wildman–Crippen MR) is 42.4 cm³/mol. The van der Waals surface area contributed by atoms with Gasteiger partial charge in [-0.05, 0) is 0 Å². The first-order chi connectivity index (χ1) is 4.86. The van der Waals surface area contributed by atoms with E-state index in [9.17, 15) is 0 Å². The van der Waals surface area contributed by atoms with Gasteiger partial charge < -0.3 is 10.1 Å². The van der Waals surface area contributed by atoms with E-state index in [-0.39, 0.29) is 0 Å². The minimum Gasteiger partial charge on any atom is -0.379 e. The molecule has 10 heavy (non-hydrogen) atoms. The van der Waals surface area contributed by atoms with Gasteiger partial charge in [0.05, 0.1) is 11.5 Å². The second-order valence-corrected chi connectivity index (χ2v) is 2.93. The molecule has 4 heteroatoms. The van der Waals surface area contributed by atoms with E-state index in [1.165, 1.54) is 0 Å². The third kappa shape index (κ3) is 1.68. The molecular weight excluding hydrogens is 148 g/mol. The van der Waals surface area contributed by atoms with Crippen LogP contribution >= 0.6 is 11.3 Å². The number of nitrogens with one attached hydrogen (secondary N) is 1. The number of thiazole rings is 1. The minimum atomic E-state index is 0.652. The van der Waals surface area contributed by atoms with Crippen LogP contribution in [-0.2, 0) is 11.3 Å². The smallest absolute Gasteiger partial charge is 0.182 e. The van der Waals surface area contributed by atoms with Crippen LogP contribution in [0.15, 0.2) is 6.20 Å². The monoisotopic (exact) mass is 158 g/mol. The number of methoxy groups -OCH3 is 1. The van der Waals surface area contributed by atoms with E-state index in [1.807, 2.05) is 13.2 Å². The molecule has 1 aromatic heterocycles. The van der Waals surface area contributed by atoms with Gasteiger partial charge in [-0.15, -0.1) is 0 Å². The van der Waals surface area contributed by atoms with Crippen molar-refractivity contribution in [2.24, 2.45) is 0 Å². The predicted octanol–water partition coefficient (Wildman–Crippen LogP) is 1.33. The third-order valence-corrected chi connectivity index (χ3v) is 2.04. The molecule has 1 N–H and O–H groups in total. The molecular formula is C6H10N2OS. The molecule has 0 aromatic carbocycles. The molecule has 0 fully saturated rings. The molecule has 0 bridgehead atoms. The fourth-order valence-corrected chi connectivity index (χ4v) is 1.37. The number of nitrogens with zero attached hydrogens (tertiary/aromatic N) is 1. The van der Waals surface area contributed by atoms with Gasteiger partial charge >= 0.3 is 0 Å². The summed E-state index contributed by atoms with van der Waals surface area (Å²) < 4.78 is 4.93. The Kier molecular flexibility index (Phi) is 2.65. The van der Waals surface area contributed by atoms with E-state index in [0.29, 0.717) is 6.61 Å². The second-order valence-electron chi connectivity index (χ2n) is 1.81. The van der Waals surface area contributed by atoms with Crippen LogP contribution in [0.1, 0.15) is 4.88 Å². The summed E-state index contributed by atoms with van der Waals surface area (Å²) in [5.41, 5.74) is 0. The van der Waals surface area contributed by atoms with Crippen molar-refractivity contribution in [1.82, 2.24) is 4.98 Å². The summed E-state index contributed by atoms with van der Waals surface area (Å²) >= 11 is 1.61. The van der Waals surface area contributed by atoms with Gasteiger partial charge in [0, 0.05) is 20.4 Å². The lowest BCUT2D eigenvalue weighted by Crippen LogP contribution is -1.83. The highest BCUT2D eigenvalue weighted by atomic mass is 32.1. The Labute approximate surface area is 64.0 Å². The van der Waals surface area contributed by atoms with Crippen LogP contribution in [0.3, 0.4) is 0 Å². The molecule has 1 aromatic rings. The van der Waals surface area contributed by atoms with Gasteiger partial charge in [0.1, 0.15) is 0 Å². The van der Waals surface area contributed by atoms with Crippen molar-refractivity contribution < 1.29 is 4.74 Å². The quantitative estimate of drug-likeness (QED) is 0.720. The van der Waals surface area contributed by atoms with Crippen LogP contribution < -0.4 is 5.32 Å². The summed E-state index contributed by atoms with van der Waals surface area (Å²) in [7, 11) is 3.54. The molecule has 0 spiro atoms. The fourth-order valence-electron chi connectivity index (χ4n) is 0.632. The average Bonchev–Trinajstić information content (AvgIpc) is 2.37. The summed E-state index contributed by atoms with van der Waals surface area (Å²) in [4.78, 5) is 5.23. The Morgan fingerprint density at radius 2 is 2.60 bits per heavy atom. The zero-order chi connectivity index (χ0) is 7.40. The van der Waals surface area contributed by atoms with Crippen LogP contribution in [0.5, 0.6) is 0 Å². The number of aromatic nitrogens is 1. The van der Waals surface area contributed by atoms with Crippen LogP contribution in [0.2, 0.25) is 0 Å². The van der Waals surface area contributed by atoms with Crippen LogP contribution in [0.4, 0.5) is 5.13 Å². The van der Waals surface area contributed by atoms with E-state index in [1.54, 1.807) is 18.4 Å². The molecule has 0 aliphatic carbocycles. The highest BCUT2D eigenvalue weighted by Crippen LogP contribution is 2.17. The van der Waals surface area contributed by atoms with Crippen molar-refractivity contribution in [3.8, 4) is 0 Å². The van der Waals surface area contributed by atoms with Gasteiger partial charge in [0.2, 0.25) is 0 Å². The number of anilines is 1. The highest BCUT2D eigenvalue weighted by molar-refractivity contribution is 7.15. The number of ether oxygens (including phenoxy) is 1. The summed E-state index contributed by atoms with van der Waals surface area (Å²) in [5, 5.41) is 3.89. The van der Waals surface area contributed by atoms with Gasteiger partial charge in [-0.2, -0.15) is 0 Å². The first kappa shape index (κ1) is 7.50. The SMILES string of the molecule is CNc1ncc(COC)s1. The van der Waals surface area contributed by atoms with Crippen LogP contribution in [0.25, 0.3) is 0 Å². The molecule has 0 aliphatic heterocycles. The molecule has 0 radical (unpaired) electrons. The Morgan fingerprint density at radius 3 is 3.10 bits per heavy atom. The normalized spacial score (nSPS) is 9.80. The molecule has 0 saturated heterocycles. The highest BCUT2D eigenvalue weighted by Gasteiger charge is 1.97. The lowest BCUT2D eigenvalue weighted by molar-refractivity contribution is 0.187. The summed E-state index contributed by atoms with van der Waals surface area (Å²) in [6.45, 7) is 0.652. The Morgan fingerprint density at radius 1 is 1.80 bits per heavy atom. The van der Waals surface area contributed by atoms with Crippen molar-refractivity contribution in [3.05, 3.63) is 11.1 Å². The van der Waals surface area contributed by atoms with E-state index in [4.69, 9.17) is 4.74 Å². The maximum Gasteiger partial charge on any atom is 0.182 e. The van der Waals surface area contributed by atoms with E-state index in [0.717, 1.165) is 10.0 Å². The average molecular weight is 158 g/mol. The minimum absolute atomic E-state index is 0.652. The lowest BCUT2D eigenvalue weighted by atomic mass is 10.6. The first-order valence-corrected chi connectivity index (χ1v) is 3.80. The van der Waals surface area contributed by atoms with E-state index >= 15 is 0 Å². The molecule has 1 rings (SSSR count). The topological polar surface area (TPSA) is 34.2 Å². The Hall–Kier alpha value is -0.610. The van der Waals surface area contributed by atoms with Crippen LogP contribution in [-0.4, -0.2) is 19.1 Å². The maximum atomic E-state index is 4.93. The van der Waals surface area contributed by atoms with Crippen molar-refractivity contribution in [2.75, 3.05) is 19.5 Å². The molecule has 0 atom stereocenters. The van der Waals surface area contributed by atoms with Crippen molar-refractivity contribution in [1.29, 1.82) is 0 Å². The van der Waals surface area contributed by atoms with Gasteiger partial charge in [-0.1, -0.05) is 11.3 Å². The summed E-state index contributed by atoms with van der Waals surface area (Å²) in [6.07, 6.45) is 1.82. The van der Waals surface area contributed by atoms with Gasteiger partial charge in [-0.25, -0.2) is 4.98 Å². The van der Waals surface area contributed by atoms with Gasteiger partial charge in [0.25, 0.3) is 0 Å². The third-order valence-electron chi connectivity index (χ3n) is 1.05. The molecule has 0 unspecified atom stereocenters. The summed E-state index contributed by atoms with van der Waals surface area (Å²) in [5.74, 6) is 0. The van der Waals surface area contributed by atoms with Crippen molar-refractivity contribution in [2.45, 2.75) is 6.61 Å².